The highest BCUT2D eigenvalue weighted by Gasteiger charge is 2.36. The van der Waals surface area contributed by atoms with E-state index in [0.717, 1.165) is 55.7 Å². The second-order valence-electron chi connectivity index (χ2n) is 16.8. The monoisotopic (exact) mass is 779 g/mol. The average molecular weight is 780 g/mol. The molecule has 61 heavy (non-hydrogen) atoms. The van der Waals surface area contributed by atoms with Gasteiger partial charge in [0.05, 0.1) is 11.4 Å². The molecule has 0 saturated carbocycles. The van der Waals surface area contributed by atoms with Crippen molar-refractivity contribution in [2.45, 2.75) is 19.3 Å². The van der Waals surface area contributed by atoms with Gasteiger partial charge in [0.1, 0.15) is 11.2 Å². The number of anilines is 3. The number of nitrogens with zero attached hydrogens (tertiary/aromatic N) is 1. The molecule has 11 aromatic rings. The summed E-state index contributed by atoms with van der Waals surface area (Å²) < 4.78 is 6.72. The molecule has 2 nitrogen and oxygen atoms in total. The molecule has 0 amide bonds. The lowest BCUT2D eigenvalue weighted by molar-refractivity contribution is 0.660. The number of benzene rings is 10. The molecule has 0 unspecified atom stereocenters. The molecule has 12 rings (SSSR count). The van der Waals surface area contributed by atoms with E-state index >= 15 is 0 Å². The summed E-state index contributed by atoms with van der Waals surface area (Å²) >= 11 is 0. The molecule has 2 heteroatoms. The van der Waals surface area contributed by atoms with E-state index in [1.165, 1.54) is 60.5 Å². The summed E-state index contributed by atoms with van der Waals surface area (Å²) in [6.45, 7) is 4.73. The van der Waals surface area contributed by atoms with Gasteiger partial charge in [0.2, 0.25) is 0 Å². The van der Waals surface area contributed by atoms with Gasteiger partial charge in [-0.25, -0.2) is 0 Å². The Morgan fingerprint density at radius 3 is 1.84 bits per heavy atom. The summed E-state index contributed by atoms with van der Waals surface area (Å²) in [5, 5.41) is 7.08. The summed E-state index contributed by atoms with van der Waals surface area (Å²) in [6.07, 6.45) is 0. The van der Waals surface area contributed by atoms with E-state index in [2.05, 4.69) is 231 Å². The number of fused-ring (bicyclic) bond motifs is 9. The third-order valence-corrected chi connectivity index (χ3v) is 13.1. The van der Waals surface area contributed by atoms with Gasteiger partial charge in [-0.1, -0.05) is 178 Å². The minimum atomic E-state index is -0.185. The molecule has 0 fully saturated rings. The fourth-order valence-electron chi connectivity index (χ4n) is 10.2. The fourth-order valence-corrected chi connectivity index (χ4v) is 10.2. The first kappa shape index (κ1) is 35.3. The highest BCUT2D eigenvalue weighted by Crippen LogP contribution is 2.54. The van der Waals surface area contributed by atoms with Gasteiger partial charge >= 0.3 is 0 Å². The lowest BCUT2D eigenvalue weighted by atomic mass is 9.82. The quantitative estimate of drug-likeness (QED) is 0.156. The van der Waals surface area contributed by atoms with E-state index in [9.17, 15) is 0 Å². The Kier molecular flexibility index (Phi) is 7.92. The number of rotatable bonds is 6. The highest BCUT2D eigenvalue weighted by molar-refractivity contribution is 6.23. The van der Waals surface area contributed by atoms with Crippen LogP contribution < -0.4 is 4.90 Å². The number of furan rings is 1. The number of hydrogen-bond donors (Lipinski definition) is 0. The Morgan fingerprint density at radius 2 is 1.02 bits per heavy atom. The molecule has 1 heterocycles. The normalized spacial score (nSPS) is 12.9. The lowest BCUT2D eigenvalue weighted by Gasteiger charge is -2.32. The van der Waals surface area contributed by atoms with Crippen molar-refractivity contribution < 1.29 is 4.42 Å². The maximum absolute atomic E-state index is 6.72. The summed E-state index contributed by atoms with van der Waals surface area (Å²) in [5.41, 5.74) is 17.1. The Morgan fingerprint density at radius 1 is 0.377 bits per heavy atom. The van der Waals surface area contributed by atoms with E-state index in [1.54, 1.807) is 0 Å². The van der Waals surface area contributed by atoms with Crippen LogP contribution in [0.2, 0.25) is 0 Å². The van der Waals surface area contributed by atoms with Crippen LogP contribution >= 0.6 is 0 Å². The average Bonchev–Trinajstić information content (AvgIpc) is 3.81. The first-order chi connectivity index (χ1) is 30.0. The van der Waals surface area contributed by atoms with Crippen LogP contribution in [0.5, 0.6) is 0 Å². The first-order valence-corrected chi connectivity index (χ1v) is 21.2. The molecule has 0 aliphatic heterocycles. The molecule has 0 radical (unpaired) electrons. The van der Waals surface area contributed by atoms with Crippen molar-refractivity contribution >= 4 is 60.5 Å². The number of para-hydroxylation sites is 1. The molecule has 1 aromatic heterocycles. The second kappa shape index (κ2) is 13.7. The largest absolute Gasteiger partial charge is 0.456 e. The van der Waals surface area contributed by atoms with Crippen LogP contribution in [0.15, 0.2) is 217 Å². The van der Waals surface area contributed by atoms with E-state index in [0.29, 0.717) is 0 Å². The molecule has 288 valence electrons. The Bertz CT molecular complexity index is 3500. The summed E-state index contributed by atoms with van der Waals surface area (Å²) in [4.78, 5) is 2.52. The standard InChI is InChI=1S/C59H41NO/c1-59(2)51-27-15-13-25-46(51)47-31-30-42(37-52(47)59)60(53-32-29-40(38-17-5-3-6-18-38)35-49(53)39-19-7-4-8-20-39)54-33-34-56-58(48-26-14-16-28-55(48)61-56)57(54)50-36-41-21-9-10-22-43(41)44-23-11-12-24-45(44)50/h3-37H,1-2H3. The van der Waals surface area contributed by atoms with Gasteiger partial charge in [0.15, 0.2) is 0 Å². The smallest absolute Gasteiger partial charge is 0.136 e. The first-order valence-electron chi connectivity index (χ1n) is 21.2. The van der Waals surface area contributed by atoms with Crippen molar-refractivity contribution in [1.29, 1.82) is 0 Å². The van der Waals surface area contributed by atoms with Crippen molar-refractivity contribution in [3.63, 3.8) is 0 Å². The second-order valence-corrected chi connectivity index (χ2v) is 16.8. The summed E-state index contributed by atoms with van der Waals surface area (Å²) in [7, 11) is 0. The summed E-state index contributed by atoms with van der Waals surface area (Å²) in [6, 6.07) is 77.6. The molecular weight excluding hydrogens is 739 g/mol. The molecule has 0 spiro atoms. The van der Waals surface area contributed by atoms with Crippen molar-refractivity contribution in [1.82, 2.24) is 0 Å². The minimum Gasteiger partial charge on any atom is -0.456 e. The summed E-state index contributed by atoms with van der Waals surface area (Å²) in [5.74, 6) is 0. The molecular formula is C59H41NO. The Labute approximate surface area is 355 Å². The molecule has 1 aliphatic rings. The van der Waals surface area contributed by atoms with Gasteiger partial charge < -0.3 is 9.32 Å². The third kappa shape index (κ3) is 5.49. The zero-order chi connectivity index (χ0) is 40.7. The van der Waals surface area contributed by atoms with Crippen molar-refractivity contribution in [3.05, 3.63) is 223 Å². The minimum absolute atomic E-state index is 0.185. The van der Waals surface area contributed by atoms with E-state index in [-0.39, 0.29) is 5.41 Å². The van der Waals surface area contributed by atoms with Crippen molar-refractivity contribution in [3.8, 4) is 44.5 Å². The predicted molar refractivity (Wildman–Crippen MR) is 257 cm³/mol. The van der Waals surface area contributed by atoms with Crippen molar-refractivity contribution in [2.75, 3.05) is 4.90 Å². The van der Waals surface area contributed by atoms with Gasteiger partial charge in [0, 0.05) is 33.0 Å². The van der Waals surface area contributed by atoms with Crippen LogP contribution in [0.4, 0.5) is 17.1 Å². The van der Waals surface area contributed by atoms with E-state index < -0.39 is 0 Å². The van der Waals surface area contributed by atoms with Gasteiger partial charge in [0.25, 0.3) is 0 Å². The maximum atomic E-state index is 6.72. The topological polar surface area (TPSA) is 16.4 Å². The molecule has 10 aromatic carbocycles. The maximum Gasteiger partial charge on any atom is 0.136 e. The number of hydrogen-bond acceptors (Lipinski definition) is 2. The lowest BCUT2D eigenvalue weighted by Crippen LogP contribution is -2.17. The Hall–Kier alpha value is -7.68. The molecule has 0 saturated heterocycles. The van der Waals surface area contributed by atoms with E-state index in [1.807, 2.05) is 0 Å². The molecule has 1 aliphatic carbocycles. The SMILES string of the molecule is CC1(C)c2ccccc2-c2ccc(N(c3ccc(-c4ccccc4)cc3-c3ccccc3)c3ccc4oc5ccccc5c4c3-c3cc4ccccc4c4ccccc34)cc21. The third-order valence-electron chi connectivity index (χ3n) is 13.1. The van der Waals surface area contributed by atoms with Crippen LogP contribution in [0.1, 0.15) is 25.0 Å². The van der Waals surface area contributed by atoms with Gasteiger partial charge in [-0.15, -0.1) is 0 Å². The molecule has 0 atom stereocenters. The van der Waals surface area contributed by atoms with E-state index in [4.69, 9.17) is 4.42 Å². The van der Waals surface area contributed by atoms with Gasteiger partial charge in [-0.3, -0.25) is 0 Å². The molecule has 0 N–H and O–H groups in total. The van der Waals surface area contributed by atoms with Crippen LogP contribution in [-0.2, 0) is 5.41 Å². The zero-order valence-corrected chi connectivity index (χ0v) is 34.1. The van der Waals surface area contributed by atoms with Crippen LogP contribution in [0, 0.1) is 0 Å². The predicted octanol–water partition coefficient (Wildman–Crippen LogP) is 16.7. The van der Waals surface area contributed by atoms with Crippen LogP contribution in [0.3, 0.4) is 0 Å². The van der Waals surface area contributed by atoms with Gasteiger partial charge in [-0.05, 0) is 115 Å². The van der Waals surface area contributed by atoms with Crippen molar-refractivity contribution in [2.24, 2.45) is 0 Å². The van der Waals surface area contributed by atoms with Crippen LogP contribution in [-0.4, -0.2) is 0 Å². The van der Waals surface area contributed by atoms with Gasteiger partial charge in [-0.2, -0.15) is 0 Å². The molecule has 0 bridgehead atoms. The zero-order valence-electron chi connectivity index (χ0n) is 34.1. The highest BCUT2D eigenvalue weighted by atomic mass is 16.3. The van der Waals surface area contributed by atoms with Crippen LogP contribution in [0.25, 0.3) is 88.0 Å². The fraction of sp³-hybridized carbons (Fsp3) is 0.0508. The Balaban J connectivity index is 1.23.